The van der Waals surface area contributed by atoms with E-state index in [1.54, 1.807) is 65.5 Å². The predicted molar refractivity (Wildman–Crippen MR) is 290 cm³/mol. The molecule has 1 aromatic heterocycles. The molecular weight excluding hydrogens is 1200 g/mol. The minimum Gasteiger partial charge on any atom is -0.477 e. The Hall–Kier alpha value is -6.14. The number of aliphatic hydroxyl groups excluding tert-OH is 3. The summed E-state index contributed by atoms with van der Waals surface area (Å²) in [4.78, 5) is 50.1. The Bertz CT molecular complexity index is 2650. The van der Waals surface area contributed by atoms with Gasteiger partial charge in [0, 0.05) is 24.5 Å². The van der Waals surface area contributed by atoms with Gasteiger partial charge in [-0.1, -0.05) is 59.3 Å². The highest BCUT2D eigenvalue weighted by Crippen LogP contribution is 2.35. The summed E-state index contributed by atoms with van der Waals surface area (Å²) in [5, 5.41) is 60.1. The van der Waals surface area contributed by atoms with Gasteiger partial charge in [0.2, 0.25) is 40.7 Å². The number of aliphatic hydroxyl groups is 3. The average molecular weight is 1270 g/mol. The molecule has 1 saturated heterocycles. The molecule has 484 valence electrons. The first-order valence-electron chi connectivity index (χ1n) is 27.5. The minimum absolute atomic E-state index is 0.00113. The van der Waals surface area contributed by atoms with E-state index < -0.39 is 114 Å². The molecule has 0 aliphatic carbocycles. The largest absolute Gasteiger partial charge is 0.477 e. The molecule has 5 rings (SSSR count). The number of carboxylic acids is 1. The van der Waals surface area contributed by atoms with Gasteiger partial charge in [-0.05, 0) is 23.3 Å². The van der Waals surface area contributed by atoms with E-state index in [-0.39, 0.29) is 85.6 Å². The van der Waals surface area contributed by atoms with Crippen LogP contribution in [-0.2, 0) is 92.7 Å². The second-order valence-corrected chi connectivity index (χ2v) is 19.3. The molecule has 4 aromatic rings. The van der Waals surface area contributed by atoms with E-state index in [0.29, 0.717) is 81.2 Å². The van der Waals surface area contributed by atoms with Crippen LogP contribution in [0.4, 0.5) is 26.7 Å². The maximum Gasteiger partial charge on any atom is 0.364 e. The third-order valence-corrected chi connectivity index (χ3v) is 12.6. The Balaban J connectivity index is 0.817. The van der Waals surface area contributed by atoms with E-state index in [0.717, 1.165) is 0 Å². The predicted octanol–water partition coefficient (Wildman–Crippen LogP) is 2.17. The Labute approximate surface area is 501 Å². The number of ether oxygens (including phenoxy) is 12. The number of aromatic nitrogens is 3. The zero-order valence-corrected chi connectivity index (χ0v) is 48.0. The van der Waals surface area contributed by atoms with Crippen LogP contribution in [0.5, 0.6) is 5.75 Å². The molecule has 1 aliphatic heterocycles. The van der Waals surface area contributed by atoms with Crippen LogP contribution >= 0.6 is 11.6 Å². The van der Waals surface area contributed by atoms with Crippen molar-refractivity contribution in [3.05, 3.63) is 112 Å². The summed E-state index contributed by atoms with van der Waals surface area (Å²) in [6.45, 7) is 3.63. The summed E-state index contributed by atoms with van der Waals surface area (Å²) in [6.07, 6.45) is -6.65. The summed E-state index contributed by atoms with van der Waals surface area (Å²) in [7, 11) is 0. The van der Waals surface area contributed by atoms with Crippen LogP contribution in [0.3, 0.4) is 0 Å². The van der Waals surface area contributed by atoms with E-state index in [1.807, 2.05) is 0 Å². The van der Waals surface area contributed by atoms with E-state index in [2.05, 4.69) is 31.0 Å². The number of carboxylic acid groups (broad SMARTS) is 1. The number of carbonyl (C=O) groups excluding carboxylic acids is 3. The number of hydrogen-bond donors (Lipinski definition) is 7. The molecule has 2 heterocycles. The molecule has 87 heavy (non-hydrogen) atoms. The molecule has 1 fully saturated rings. The maximum atomic E-state index is 13.6. The summed E-state index contributed by atoms with van der Waals surface area (Å²) >= 11 is 5.92. The lowest BCUT2D eigenvalue weighted by molar-refractivity contribution is -0.313. The van der Waals surface area contributed by atoms with Crippen molar-refractivity contribution in [1.82, 2.24) is 30.9 Å². The van der Waals surface area contributed by atoms with Gasteiger partial charge in [0.1, 0.15) is 17.9 Å². The van der Waals surface area contributed by atoms with Crippen LogP contribution in [-0.4, -0.2) is 221 Å². The highest BCUT2D eigenvalue weighted by atomic mass is 35.5. The molecule has 0 saturated carbocycles. The molecule has 3 amide bonds. The zero-order valence-electron chi connectivity index (χ0n) is 47.3. The molecule has 6 atom stereocenters. The van der Waals surface area contributed by atoms with Crippen molar-refractivity contribution in [2.75, 3.05) is 125 Å². The Morgan fingerprint density at radius 1 is 0.667 bits per heavy atom. The summed E-state index contributed by atoms with van der Waals surface area (Å²) in [5.74, 6) is -18.9. The number of rotatable bonds is 44. The topological polar surface area (TPSA) is 327 Å². The van der Waals surface area contributed by atoms with Gasteiger partial charge in [0.05, 0.1) is 169 Å². The quantitative estimate of drug-likeness (QED) is 0.00833. The number of esters is 1. The van der Waals surface area contributed by atoms with Crippen molar-refractivity contribution in [3.63, 3.8) is 0 Å². The number of carbonyl (C=O) groups is 4. The number of aliphatic carboxylic acids is 1. The number of hydrogen-bond acceptors (Lipinski definition) is 21. The number of amides is 3. The van der Waals surface area contributed by atoms with E-state index in [9.17, 15) is 61.6 Å². The van der Waals surface area contributed by atoms with Crippen molar-refractivity contribution in [2.45, 2.75) is 75.3 Å². The standard InChI is InChI=1S/C55H72ClF5N6O20/c56-38-8-6-36(7-9-38)30-42(70)63-32-41(69)50(72)52-49(40(68)31-55(87-52,53(73)74)85-34-37-4-2-1-3-5-37)64-54(75)62-11-14-77-17-20-80-23-25-82-26-27-83-28-29-84-35-39-33-67(66-65-39)12-15-78-18-21-81-24-22-79-19-16-76-13-10-43(71)86-51-47(60)45(58)44(57)46(59)48(51)61/h1-9,33,40-41,49-50,52,68-69,72H,10-32,34-35H2,(H,63,70)(H,73,74)(H2,62,64,75)/t40-,41+,49+,50+,52+,55+/m0/s1. The fourth-order valence-corrected chi connectivity index (χ4v) is 7.95. The Morgan fingerprint density at radius 3 is 1.77 bits per heavy atom. The van der Waals surface area contributed by atoms with Crippen molar-refractivity contribution in [1.29, 1.82) is 0 Å². The van der Waals surface area contributed by atoms with Crippen LogP contribution in [0.25, 0.3) is 0 Å². The van der Waals surface area contributed by atoms with Crippen LogP contribution in [0, 0.1) is 29.1 Å². The lowest BCUT2D eigenvalue weighted by atomic mass is 9.88. The van der Waals surface area contributed by atoms with Gasteiger partial charge in [-0.3, -0.25) is 9.59 Å². The third-order valence-electron chi connectivity index (χ3n) is 12.3. The molecule has 3 aromatic carbocycles. The lowest BCUT2D eigenvalue weighted by Gasteiger charge is -2.46. The second kappa shape index (κ2) is 39.7. The molecule has 0 bridgehead atoms. The SMILES string of the molecule is O=C(Cc1ccc(Cl)cc1)NC[C@@H](O)[C@@H](O)[C@@H]1O[C@@](OCc2ccccc2)(C(=O)O)C[C@H](O)[C@H]1NC(=O)NCCOCCOCCOCCOCCOCc1cn(CCOCCOCCOCCOCCC(=O)Oc2c(F)c(F)c(F)c(F)c2F)nn1. The Morgan fingerprint density at radius 2 is 1.20 bits per heavy atom. The molecule has 7 N–H and O–H groups in total. The molecule has 0 spiro atoms. The monoisotopic (exact) mass is 1270 g/mol. The Kier molecular flexibility index (Phi) is 32.7. The van der Waals surface area contributed by atoms with E-state index in [1.165, 1.54) is 0 Å². The first-order valence-corrected chi connectivity index (χ1v) is 27.8. The normalized spacial score (nSPS) is 17.4. The third kappa shape index (κ3) is 25.8. The van der Waals surface area contributed by atoms with Gasteiger partial charge in [0.15, 0.2) is 0 Å². The smallest absolute Gasteiger partial charge is 0.364 e. The highest BCUT2D eigenvalue weighted by Gasteiger charge is 2.56. The van der Waals surface area contributed by atoms with Crippen LogP contribution in [0.15, 0.2) is 60.8 Å². The lowest BCUT2D eigenvalue weighted by Crippen LogP contribution is -2.68. The first kappa shape index (κ1) is 71.6. The van der Waals surface area contributed by atoms with Gasteiger partial charge in [-0.2, -0.15) is 8.78 Å². The summed E-state index contributed by atoms with van der Waals surface area (Å²) < 4.78 is 134. The first-order chi connectivity index (χ1) is 42.0. The second-order valence-electron chi connectivity index (χ2n) is 18.8. The zero-order chi connectivity index (χ0) is 62.8. The van der Waals surface area contributed by atoms with Crippen molar-refractivity contribution < 1.29 is 118 Å². The number of nitrogens with zero attached hydrogens (tertiary/aromatic N) is 3. The summed E-state index contributed by atoms with van der Waals surface area (Å²) in [6, 6.07) is 12.8. The van der Waals surface area contributed by atoms with Crippen LogP contribution in [0.2, 0.25) is 5.02 Å². The molecule has 26 nitrogen and oxygen atoms in total. The number of halogens is 6. The van der Waals surface area contributed by atoms with Gasteiger partial charge >= 0.3 is 18.0 Å². The minimum atomic E-state index is -2.50. The van der Waals surface area contributed by atoms with E-state index in [4.69, 9.17) is 63.7 Å². The maximum absolute atomic E-state index is 13.6. The molecule has 0 radical (unpaired) electrons. The average Bonchev–Trinajstić information content (AvgIpc) is 1.33. The van der Waals surface area contributed by atoms with Crippen molar-refractivity contribution in [3.8, 4) is 5.75 Å². The number of urea groups is 1. The number of nitrogens with one attached hydrogen (secondary N) is 3. The highest BCUT2D eigenvalue weighted by molar-refractivity contribution is 6.30. The summed E-state index contributed by atoms with van der Waals surface area (Å²) in [5.41, 5.74) is 1.83. The van der Waals surface area contributed by atoms with Gasteiger partial charge in [-0.15, -0.1) is 5.10 Å². The van der Waals surface area contributed by atoms with Crippen LogP contribution < -0.4 is 20.7 Å². The molecule has 1 aliphatic rings. The van der Waals surface area contributed by atoms with Gasteiger partial charge < -0.3 is 93.2 Å². The fraction of sp³-hybridized carbons (Fsp3) is 0.564. The van der Waals surface area contributed by atoms with Crippen molar-refractivity contribution in [2.24, 2.45) is 0 Å². The van der Waals surface area contributed by atoms with Gasteiger partial charge in [0.25, 0.3) is 5.79 Å². The molecular formula is C55H72ClF5N6O20. The molecule has 0 unspecified atom stereocenters. The van der Waals surface area contributed by atoms with Gasteiger partial charge in [-0.25, -0.2) is 27.4 Å². The fourth-order valence-electron chi connectivity index (χ4n) is 7.82. The number of benzene rings is 3. The van der Waals surface area contributed by atoms with Crippen LogP contribution in [0.1, 0.15) is 29.7 Å². The van der Waals surface area contributed by atoms with Crippen molar-refractivity contribution >= 4 is 35.5 Å². The molecule has 32 heteroatoms. The van der Waals surface area contributed by atoms with E-state index >= 15 is 0 Å².